The summed E-state index contributed by atoms with van der Waals surface area (Å²) in [6, 6.07) is 18.7. The molecule has 2 fully saturated rings. The van der Waals surface area contributed by atoms with E-state index in [9.17, 15) is 8.42 Å². The first-order valence-electron chi connectivity index (χ1n) is 12.4. The van der Waals surface area contributed by atoms with Crippen LogP contribution in [0.25, 0.3) is 0 Å². The average molecular weight is 512 g/mol. The van der Waals surface area contributed by atoms with Crippen molar-refractivity contribution in [1.82, 2.24) is 4.31 Å². The summed E-state index contributed by atoms with van der Waals surface area (Å²) in [5, 5.41) is 1.38. The van der Waals surface area contributed by atoms with Crippen molar-refractivity contribution >= 4 is 30.4 Å². The van der Waals surface area contributed by atoms with Gasteiger partial charge in [0.05, 0.1) is 24.2 Å². The zero-order valence-electron chi connectivity index (χ0n) is 22.0. The van der Waals surface area contributed by atoms with E-state index in [0.29, 0.717) is 18.0 Å². The summed E-state index contributed by atoms with van der Waals surface area (Å²) in [6.07, 6.45) is 0. The molecule has 0 spiro atoms. The van der Waals surface area contributed by atoms with E-state index < -0.39 is 36.4 Å². The Kier molecular flexibility index (Phi) is 7.01. The number of rotatable bonds is 6. The molecule has 0 amide bonds. The van der Waals surface area contributed by atoms with Crippen molar-refractivity contribution in [1.29, 1.82) is 0 Å². The van der Waals surface area contributed by atoms with Gasteiger partial charge < -0.3 is 9.31 Å². The van der Waals surface area contributed by atoms with E-state index in [-0.39, 0.29) is 5.92 Å². The summed E-state index contributed by atoms with van der Waals surface area (Å²) in [7, 11) is -5.90. The molecule has 2 heterocycles. The molecule has 8 heteroatoms. The lowest BCUT2D eigenvalue weighted by Gasteiger charge is -2.32. The third kappa shape index (κ3) is 5.37. The Labute approximate surface area is 212 Å². The summed E-state index contributed by atoms with van der Waals surface area (Å²) in [6.45, 7) is 15.7. The third-order valence-electron chi connectivity index (χ3n) is 7.90. The van der Waals surface area contributed by atoms with Gasteiger partial charge in [0.15, 0.2) is 0 Å². The van der Waals surface area contributed by atoms with Gasteiger partial charge >= 0.3 is 7.12 Å². The first kappa shape index (κ1) is 26.4. The zero-order chi connectivity index (χ0) is 25.6. The van der Waals surface area contributed by atoms with Crippen molar-refractivity contribution < 1.29 is 17.7 Å². The van der Waals surface area contributed by atoms with Crippen molar-refractivity contribution in [3.63, 3.8) is 0 Å². The van der Waals surface area contributed by atoms with Crippen LogP contribution >= 0.6 is 0 Å². The van der Waals surface area contributed by atoms with Gasteiger partial charge in [-0.2, -0.15) is 4.31 Å². The summed E-state index contributed by atoms with van der Waals surface area (Å²) >= 11 is 0. The van der Waals surface area contributed by atoms with E-state index in [1.54, 1.807) is 16.4 Å². The Morgan fingerprint density at radius 3 is 2.14 bits per heavy atom. The van der Waals surface area contributed by atoms with Crippen molar-refractivity contribution in [3.8, 4) is 0 Å². The second-order valence-corrected chi connectivity index (χ2v) is 18.3. The monoisotopic (exact) mass is 511 g/mol. The van der Waals surface area contributed by atoms with Crippen LogP contribution in [0.1, 0.15) is 33.3 Å². The number of hydrogen-bond acceptors (Lipinski definition) is 4. The van der Waals surface area contributed by atoms with Crippen LogP contribution in [0.2, 0.25) is 19.1 Å². The summed E-state index contributed by atoms with van der Waals surface area (Å²) < 4.78 is 41.3. The predicted molar refractivity (Wildman–Crippen MR) is 146 cm³/mol. The molecule has 0 N–H and O–H groups in total. The van der Waals surface area contributed by atoms with Gasteiger partial charge in [0, 0.05) is 13.1 Å². The molecule has 2 aromatic rings. The lowest BCUT2D eigenvalue weighted by Crippen LogP contribution is -2.43. The van der Waals surface area contributed by atoms with Crippen LogP contribution in [0.5, 0.6) is 0 Å². The molecule has 2 aliphatic rings. The van der Waals surface area contributed by atoms with E-state index in [4.69, 9.17) is 9.31 Å². The summed E-state index contributed by atoms with van der Waals surface area (Å²) in [5.41, 5.74) is 1.26. The smallest absolute Gasteiger partial charge is 0.400 e. The number of aryl methyl sites for hydroxylation is 1. The standard InChI is InChI=1S/C27H38BNO4SSi/c1-21-13-15-24(16-14-21)34(30,31)29-18-22(17-28-32-26(2,3)27(4,5)33-28)23(19-29)20-35(6,7)25-11-9-8-10-12-25/h8-17,23H,18-20H2,1-7H3/b22-17-. The maximum Gasteiger partial charge on any atom is 0.487 e. The van der Waals surface area contributed by atoms with E-state index in [0.717, 1.165) is 17.2 Å². The fourth-order valence-corrected chi connectivity index (χ4v) is 9.37. The molecular weight excluding hydrogens is 473 g/mol. The van der Waals surface area contributed by atoms with Gasteiger partial charge in [0.1, 0.15) is 0 Å². The number of nitrogens with zero attached hydrogens (tertiary/aromatic N) is 1. The van der Waals surface area contributed by atoms with E-state index in [2.05, 4.69) is 37.4 Å². The van der Waals surface area contributed by atoms with E-state index in [1.165, 1.54) is 5.19 Å². The fraction of sp³-hybridized carbons (Fsp3) is 0.481. The minimum absolute atomic E-state index is 0.121. The van der Waals surface area contributed by atoms with Crippen LogP contribution in [-0.2, 0) is 19.3 Å². The largest absolute Gasteiger partial charge is 0.487 e. The van der Waals surface area contributed by atoms with Gasteiger partial charge in [-0.3, -0.25) is 0 Å². The van der Waals surface area contributed by atoms with Gasteiger partial charge in [-0.15, -0.1) is 0 Å². The fourth-order valence-electron chi connectivity index (χ4n) is 4.94. The Hall–Kier alpha value is -1.71. The first-order chi connectivity index (χ1) is 16.2. The minimum Gasteiger partial charge on any atom is -0.400 e. The van der Waals surface area contributed by atoms with Crippen molar-refractivity contribution in [2.75, 3.05) is 13.1 Å². The SMILES string of the molecule is Cc1ccc(S(=O)(=O)N2C/C(=C/B3OC(C)(C)C(C)(C)O3)C(C[Si](C)(C)c3ccccc3)C2)cc1. The van der Waals surface area contributed by atoms with Crippen LogP contribution in [-0.4, -0.2) is 52.2 Å². The second-order valence-electron chi connectivity index (χ2n) is 11.6. The summed E-state index contributed by atoms with van der Waals surface area (Å²) in [5.74, 6) is 2.16. The van der Waals surface area contributed by atoms with Crippen LogP contribution in [0.15, 0.2) is 71.0 Å². The van der Waals surface area contributed by atoms with E-state index in [1.807, 2.05) is 58.8 Å². The van der Waals surface area contributed by atoms with Gasteiger partial charge in [-0.1, -0.05) is 77.9 Å². The molecule has 5 nitrogen and oxygen atoms in total. The van der Waals surface area contributed by atoms with Gasteiger partial charge in [-0.05, 0) is 58.7 Å². The van der Waals surface area contributed by atoms with Gasteiger partial charge in [0.25, 0.3) is 0 Å². The lowest BCUT2D eigenvalue weighted by atomic mass is 9.84. The van der Waals surface area contributed by atoms with Crippen molar-refractivity contribution in [3.05, 3.63) is 71.7 Å². The molecule has 4 rings (SSSR count). The second kappa shape index (κ2) is 9.31. The highest BCUT2D eigenvalue weighted by atomic mass is 32.2. The lowest BCUT2D eigenvalue weighted by molar-refractivity contribution is 0.00578. The average Bonchev–Trinajstić information content (AvgIpc) is 3.25. The molecule has 2 aliphatic heterocycles. The van der Waals surface area contributed by atoms with Crippen molar-refractivity contribution in [2.24, 2.45) is 5.92 Å². The van der Waals surface area contributed by atoms with Crippen LogP contribution < -0.4 is 5.19 Å². The highest BCUT2D eigenvalue weighted by molar-refractivity contribution is 7.89. The Bertz CT molecular complexity index is 1180. The van der Waals surface area contributed by atoms with Gasteiger partial charge in [-0.25, -0.2) is 8.42 Å². The molecule has 1 unspecified atom stereocenters. The van der Waals surface area contributed by atoms with Gasteiger partial charge in [0.2, 0.25) is 10.0 Å². The molecule has 188 valence electrons. The molecule has 2 saturated heterocycles. The van der Waals surface area contributed by atoms with Crippen LogP contribution in [0.4, 0.5) is 0 Å². The van der Waals surface area contributed by atoms with Crippen molar-refractivity contribution in [2.45, 2.75) is 69.9 Å². The topological polar surface area (TPSA) is 55.8 Å². The number of benzene rings is 2. The van der Waals surface area contributed by atoms with Crippen LogP contribution in [0, 0.1) is 12.8 Å². The number of hydrogen-bond donors (Lipinski definition) is 0. The molecule has 0 saturated carbocycles. The normalized spacial score (nSPS) is 23.8. The summed E-state index contributed by atoms with van der Waals surface area (Å²) in [4.78, 5) is 0.346. The van der Waals surface area contributed by atoms with Crippen LogP contribution in [0.3, 0.4) is 0 Å². The quantitative estimate of drug-likeness (QED) is 0.524. The van der Waals surface area contributed by atoms with E-state index >= 15 is 0 Å². The highest BCUT2D eigenvalue weighted by Gasteiger charge is 2.51. The minimum atomic E-state index is -3.59. The molecule has 0 bridgehead atoms. The first-order valence-corrected chi connectivity index (χ1v) is 17.0. The molecule has 0 aromatic heterocycles. The molecular formula is C27H38BNO4SSi. The Balaban J connectivity index is 1.66. The molecule has 35 heavy (non-hydrogen) atoms. The Morgan fingerprint density at radius 2 is 1.57 bits per heavy atom. The molecule has 2 aromatic carbocycles. The molecule has 0 aliphatic carbocycles. The third-order valence-corrected chi connectivity index (χ3v) is 13.1. The predicted octanol–water partition coefficient (Wildman–Crippen LogP) is 4.79. The highest BCUT2D eigenvalue weighted by Crippen LogP contribution is 2.39. The molecule has 0 radical (unpaired) electrons. The Morgan fingerprint density at radius 1 is 1.00 bits per heavy atom. The zero-order valence-corrected chi connectivity index (χ0v) is 23.9. The maximum atomic E-state index is 13.6. The molecule has 1 atom stereocenters. The maximum absolute atomic E-state index is 13.6. The number of sulfonamides is 1.